The molecule has 0 saturated heterocycles. The minimum atomic E-state index is 0.227. The topological polar surface area (TPSA) is 35.6 Å². The molecule has 0 radical (unpaired) electrons. The second-order valence-electron chi connectivity index (χ2n) is 5.64. The highest BCUT2D eigenvalue weighted by Gasteiger charge is 2.22. The second kappa shape index (κ2) is 10.2. The first-order valence-corrected chi connectivity index (χ1v) is 7.74. The third-order valence-corrected chi connectivity index (χ3v) is 2.90. The Morgan fingerprint density at radius 2 is 1.58 bits per heavy atom. The van der Waals surface area contributed by atoms with Gasteiger partial charge < -0.3 is 5.32 Å². The van der Waals surface area contributed by atoms with Crippen LogP contribution in [0, 0.1) is 0 Å². The lowest BCUT2D eigenvalue weighted by Crippen LogP contribution is -2.51. The van der Waals surface area contributed by atoms with Gasteiger partial charge in [-0.1, -0.05) is 27.7 Å². The van der Waals surface area contributed by atoms with E-state index >= 15 is 0 Å². The Bertz CT molecular complexity index is 236. The zero-order valence-electron chi connectivity index (χ0n) is 13.7. The van der Waals surface area contributed by atoms with Gasteiger partial charge in [0.1, 0.15) is 0 Å². The van der Waals surface area contributed by atoms with Crippen LogP contribution in [0.4, 0.5) is 0 Å². The van der Waals surface area contributed by atoms with Gasteiger partial charge in [-0.3, -0.25) is 9.80 Å². The first-order chi connectivity index (χ1) is 8.93. The normalized spacial score (nSPS) is 11.6. The lowest BCUT2D eigenvalue weighted by molar-refractivity contribution is -0.154. The van der Waals surface area contributed by atoms with Crippen LogP contribution in [-0.2, 0) is 4.79 Å². The number of amides is 1. The summed E-state index contributed by atoms with van der Waals surface area (Å²) in [5.74, 6) is 0.227. The van der Waals surface area contributed by atoms with E-state index in [0.29, 0.717) is 12.5 Å². The molecule has 0 aliphatic rings. The molecule has 0 heterocycles. The molecule has 0 unspecified atom stereocenters. The van der Waals surface area contributed by atoms with E-state index in [-0.39, 0.29) is 11.9 Å². The Morgan fingerprint density at radius 3 is 1.95 bits per heavy atom. The zero-order chi connectivity index (χ0) is 14.8. The minimum Gasteiger partial charge on any atom is -0.314 e. The van der Waals surface area contributed by atoms with Gasteiger partial charge in [0.25, 0.3) is 0 Å². The summed E-state index contributed by atoms with van der Waals surface area (Å²) in [7, 11) is 0. The van der Waals surface area contributed by atoms with Crippen LogP contribution in [0.1, 0.15) is 60.8 Å². The molecule has 19 heavy (non-hydrogen) atoms. The Hall–Kier alpha value is -0.610. The number of nitrogens with zero attached hydrogens (tertiary/aromatic N) is 2. The van der Waals surface area contributed by atoms with Crippen LogP contribution < -0.4 is 5.32 Å². The van der Waals surface area contributed by atoms with Crippen LogP contribution in [0.5, 0.6) is 0 Å². The molecule has 0 bridgehead atoms. The highest BCUT2D eigenvalue weighted by Crippen LogP contribution is 2.09. The average Bonchev–Trinajstić information content (AvgIpc) is 2.28. The third-order valence-electron chi connectivity index (χ3n) is 2.90. The summed E-state index contributed by atoms with van der Waals surface area (Å²) in [6.07, 6.45) is 2.71. The molecule has 0 fully saturated rings. The standard InChI is InChI=1S/C15H33N3O/c1-7-11-17(12-8-2)18(14(5)6)15(19)9-10-16-13(3)4/h13-14,16H,7-12H2,1-6H3. The van der Waals surface area contributed by atoms with E-state index in [1.54, 1.807) is 0 Å². The van der Waals surface area contributed by atoms with Crippen molar-refractivity contribution in [1.82, 2.24) is 15.3 Å². The van der Waals surface area contributed by atoms with E-state index in [4.69, 9.17) is 0 Å². The van der Waals surface area contributed by atoms with Crippen molar-refractivity contribution in [2.75, 3.05) is 19.6 Å². The quantitative estimate of drug-likeness (QED) is 0.621. The summed E-state index contributed by atoms with van der Waals surface area (Å²) in [6.45, 7) is 15.4. The minimum absolute atomic E-state index is 0.227. The van der Waals surface area contributed by atoms with Crippen LogP contribution in [-0.4, -0.2) is 47.6 Å². The van der Waals surface area contributed by atoms with Gasteiger partial charge in [0, 0.05) is 38.1 Å². The van der Waals surface area contributed by atoms with Gasteiger partial charge in [0.15, 0.2) is 0 Å². The average molecular weight is 271 g/mol. The van der Waals surface area contributed by atoms with Crippen LogP contribution in [0.15, 0.2) is 0 Å². The Labute approximate surface area is 119 Å². The molecule has 114 valence electrons. The molecule has 0 spiro atoms. The monoisotopic (exact) mass is 271 g/mol. The summed E-state index contributed by atoms with van der Waals surface area (Å²) in [5.41, 5.74) is 0. The molecular formula is C15H33N3O. The van der Waals surface area contributed by atoms with E-state index in [9.17, 15) is 4.79 Å². The molecule has 0 aromatic rings. The van der Waals surface area contributed by atoms with Crippen LogP contribution >= 0.6 is 0 Å². The molecule has 4 nitrogen and oxygen atoms in total. The molecule has 0 atom stereocenters. The molecule has 4 heteroatoms. The molecule has 0 aromatic heterocycles. The van der Waals surface area contributed by atoms with Gasteiger partial charge in [-0.05, 0) is 26.7 Å². The van der Waals surface area contributed by atoms with Crippen molar-refractivity contribution in [3.63, 3.8) is 0 Å². The maximum Gasteiger partial charge on any atom is 0.238 e. The number of hydrogen-bond donors (Lipinski definition) is 1. The van der Waals surface area contributed by atoms with Crippen molar-refractivity contribution in [1.29, 1.82) is 0 Å². The number of carbonyl (C=O) groups is 1. The highest BCUT2D eigenvalue weighted by molar-refractivity contribution is 5.76. The predicted octanol–water partition coefficient (Wildman–Crippen LogP) is 2.65. The fourth-order valence-corrected chi connectivity index (χ4v) is 2.20. The van der Waals surface area contributed by atoms with Gasteiger partial charge in [-0.15, -0.1) is 0 Å². The number of rotatable bonds is 10. The van der Waals surface area contributed by atoms with Crippen molar-refractivity contribution >= 4 is 5.91 Å². The van der Waals surface area contributed by atoms with Crippen molar-refractivity contribution in [2.45, 2.75) is 72.9 Å². The summed E-state index contributed by atoms with van der Waals surface area (Å²) in [5, 5.41) is 7.47. The second-order valence-corrected chi connectivity index (χ2v) is 5.64. The van der Waals surface area contributed by atoms with Crippen LogP contribution in [0.25, 0.3) is 0 Å². The smallest absolute Gasteiger partial charge is 0.238 e. The first-order valence-electron chi connectivity index (χ1n) is 7.74. The lowest BCUT2D eigenvalue weighted by atomic mass is 10.3. The molecule has 0 saturated carbocycles. The fraction of sp³-hybridized carbons (Fsp3) is 0.933. The maximum atomic E-state index is 12.4. The first kappa shape index (κ1) is 18.4. The molecule has 1 amide bonds. The van der Waals surface area contributed by atoms with Crippen molar-refractivity contribution < 1.29 is 4.79 Å². The van der Waals surface area contributed by atoms with E-state index in [0.717, 1.165) is 32.5 Å². The Morgan fingerprint density at radius 1 is 1.05 bits per heavy atom. The van der Waals surface area contributed by atoms with Crippen LogP contribution in [0.2, 0.25) is 0 Å². The molecule has 1 N–H and O–H groups in total. The molecule has 0 aliphatic carbocycles. The van der Waals surface area contributed by atoms with E-state index in [1.165, 1.54) is 0 Å². The van der Waals surface area contributed by atoms with E-state index in [2.05, 4.69) is 51.9 Å². The van der Waals surface area contributed by atoms with Gasteiger partial charge >= 0.3 is 0 Å². The molecule has 0 aromatic carbocycles. The lowest BCUT2D eigenvalue weighted by Gasteiger charge is -2.38. The van der Waals surface area contributed by atoms with Crippen LogP contribution in [0.3, 0.4) is 0 Å². The van der Waals surface area contributed by atoms with E-state index < -0.39 is 0 Å². The third kappa shape index (κ3) is 7.53. The fourth-order valence-electron chi connectivity index (χ4n) is 2.20. The van der Waals surface area contributed by atoms with Crippen molar-refractivity contribution in [3.8, 4) is 0 Å². The molecule has 0 rings (SSSR count). The van der Waals surface area contributed by atoms with Gasteiger partial charge in [-0.25, -0.2) is 5.01 Å². The SMILES string of the molecule is CCCN(CCC)N(C(=O)CCNC(C)C)C(C)C. The number of hydrogen-bond acceptors (Lipinski definition) is 3. The number of hydrazine groups is 1. The number of nitrogens with one attached hydrogen (secondary N) is 1. The van der Waals surface area contributed by atoms with Crippen molar-refractivity contribution in [3.05, 3.63) is 0 Å². The van der Waals surface area contributed by atoms with Gasteiger partial charge in [0.2, 0.25) is 5.91 Å². The zero-order valence-corrected chi connectivity index (χ0v) is 13.7. The number of carbonyl (C=O) groups excluding carboxylic acids is 1. The summed E-state index contributed by atoms with van der Waals surface area (Å²) >= 11 is 0. The maximum absolute atomic E-state index is 12.4. The Balaban J connectivity index is 4.53. The summed E-state index contributed by atoms with van der Waals surface area (Å²) in [6, 6.07) is 0.660. The highest BCUT2D eigenvalue weighted by atomic mass is 16.2. The molecule has 0 aliphatic heterocycles. The van der Waals surface area contributed by atoms with Gasteiger partial charge in [0.05, 0.1) is 0 Å². The summed E-state index contributed by atoms with van der Waals surface area (Å²) in [4.78, 5) is 12.4. The van der Waals surface area contributed by atoms with Crippen molar-refractivity contribution in [2.24, 2.45) is 0 Å². The summed E-state index contributed by atoms with van der Waals surface area (Å²) < 4.78 is 0. The van der Waals surface area contributed by atoms with E-state index in [1.807, 2.05) is 5.01 Å². The predicted molar refractivity (Wildman–Crippen MR) is 81.9 cm³/mol. The molecular weight excluding hydrogens is 238 g/mol. The van der Waals surface area contributed by atoms with Gasteiger partial charge in [-0.2, -0.15) is 0 Å². The largest absolute Gasteiger partial charge is 0.314 e. The Kier molecular flexibility index (Phi) is 9.88.